The van der Waals surface area contributed by atoms with Crippen LogP contribution in [0.4, 0.5) is 0 Å². The second-order valence-electron chi connectivity index (χ2n) is 26.3. The fourth-order valence-electron chi connectivity index (χ4n) is 10.8. The Morgan fingerprint density at radius 2 is 0.864 bits per heavy atom. The first-order valence-corrected chi connectivity index (χ1v) is 35.1. The van der Waals surface area contributed by atoms with Crippen molar-refractivity contribution in [1.82, 2.24) is 15.0 Å². The maximum atomic E-state index is 3.78. The smallest absolute Gasteiger partial charge is 0.0693 e. The van der Waals surface area contributed by atoms with Crippen LogP contribution in [0.25, 0.3) is 0 Å². The van der Waals surface area contributed by atoms with Crippen LogP contribution in [0.2, 0.25) is 0 Å². The molecule has 7 aliphatic rings. The van der Waals surface area contributed by atoms with Crippen LogP contribution < -0.4 is 0 Å². The molecule has 1 aromatic carbocycles. The Balaban J connectivity index is -0.000000835. The van der Waals surface area contributed by atoms with E-state index in [2.05, 4.69) is 202 Å². The van der Waals surface area contributed by atoms with Crippen molar-refractivity contribution in [2.75, 3.05) is 0 Å². The fourth-order valence-corrected chi connectivity index (χ4v) is 10.8. The summed E-state index contributed by atoms with van der Waals surface area (Å²) in [5, 5.41) is 7.44. The number of hydrogen-bond acceptors (Lipinski definition) is 2. The second kappa shape index (κ2) is 55.0. The molecule has 3 heteroatoms. The highest BCUT2D eigenvalue weighted by molar-refractivity contribution is 5.27. The van der Waals surface area contributed by atoms with Crippen LogP contribution in [0.1, 0.15) is 331 Å². The van der Waals surface area contributed by atoms with Crippen LogP contribution in [0.15, 0.2) is 102 Å². The van der Waals surface area contributed by atoms with Crippen LogP contribution in [0.3, 0.4) is 0 Å². The van der Waals surface area contributed by atoms with E-state index < -0.39 is 0 Å². The van der Waals surface area contributed by atoms with Gasteiger partial charge in [0.1, 0.15) is 0 Å². The summed E-state index contributed by atoms with van der Waals surface area (Å²) in [7, 11) is 0. The summed E-state index contributed by atoms with van der Waals surface area (Å²) in [4.78, 5) is 0. The highest BCUT2D eigenvalue weighted by atomic mass is 15.4. The zero-order chi connectivity index (χ0) is 62.0. The van der Waals surface area contributed by atoms with Gasteiger partial charge >= 0.3 is 0 Å². The molecule has 0 amide bonds. The first kappa shape index (κ1) is 82.3. The number of aromatic nitrogens is 3. The van der Waals surface area contributed by atoms with Crippen LogP contribution in [-0.2, 0) is 0 Å². The average Bonchev–Trinajstić information content (AvgIpc) is 4.34. The van der Waals surface area contributed by atoms with Gasteiger partial charge in [-0.2, -0.15) is 0 Å². The van der Waals surface area contributed by atoms with E-state index in [-0.39, 0.29) is 0 Å². The minimum absolute atomic E-state index is 0.428. The zero-order valence-corrected chi connectivity index (χ0v) is 59.2. The van der Waals surface area contributed by atoms with E-state index >= 15 is 0 Å². The summed E-state index contributed by atoms with van der Waals surface area (Å²) < 4.78 is 1.81. The van der Waals surface area contributed by atoms with Crippen molar-refractivity contribution in [2.24, 2.45) is 65.1 Å². The lowest BCUT2D eigenvalue weighted by Gasteiger charge is -2.28. The largest absolute Gasteiger partial charge is 0.250 e. The van der Waals surface area contributed by atoms with Crippen molar-refractivity contribution in [3.05, 3.63) is 108 Å². The molecular weight excluding hydrogens is 979 g/mol. The summed E-state index contributed by atoms with van der Waals surface area (Å²) in [6.45, 7) is 52.8. The lowest BCUT2D eigenvalue weighted by atomic mass is 9.78. The summed E-state index contributed by atoms with van der Waals surface area (Å²) in [5.74, 6) is 10.9. The van der Waals surface area contributed by atoms with Gasteiger partial charge in [-0.15, -0.1) is 5.10 Å². The Morgan fingerprint density at radius 3 is 1.06 bits per heavy atom. The van der Waals surface area contributed by atoms with Gasteiger partial charge in [0.05, 0.1) is 6.20 Å². The van der Waals surface area contributed by atoms with Gasteiger partial charge in [-0.25, -0.2) is 0 Å². The maximum absolute atomic E-state index is 3.78. The molecule has 4 fully saturated rings. The van der Waals surface area contributed by atoms with Gasteiger partial charge in [0, 0.05) is 12.2 Å². The molecule has 0 spiro atoms. The lowest BCUT2D eigenvalue weighted by molar-refractivity contribution is 0.235. The van der Waals surface area contributed by atoms with Crippen LogP contribution >= 0.6 is 0 Å². The Morgan fingerprint density at radius 1 is 0.432 bits per heavy atom. The molecule has 1 heterocycles. The number of nitrogens with zero attached hydrogens (tertiary/aromatic N) is 3. The molecule has 0 N–H and O–H groups in total. The van der Waals surface area contributed by atoms with E-state index in [0.717, 1.165) is 65.6 Å². The SMILES string of the molecule is CC.CC.CC.CC(C)C1=CC=CC1.CC(C)C1=CCC=C1.CC(C)C1=CCCCC1.CC(C)C1CCC1.CC(C)C1CCCC1.CC(C)C1CCCCC1.CC(C)C1CCCCC1.CC(C)c1ccccc1.CC(C)n1ccnn1. The van der Waals surface area contributed by atoms with Crippen molar-refractivity contribution in [2.45, 2.75) is 326 Å². The zero-order valence-electron chi connectivity index (χ0n) is 59.2. The number of rotatable bonds is 9. The van der Waals surface area contributed by atoms with E-state index in [4.69, 9.17) is 0 Å². The molecule has 81 heavy (non-hydrogen) atoms. The second-order valence-corrected chi connectivity index (χ2v) is 26.3. The van der Waals surface area contributed by atoms with Gasteiger partial charge in [0.15, 0.2) is 0 Å². The van der Waals surface area contributed by atoms with Crippen molar-refractivity contribution < 1.29 is 0 Å². The Bertz CT molecular complexity index is 1720. The maximum Gasteiger partial charge on any atom is 0.0693 e. The third-order valence-corrected chi connectivity index (χ3v) is 17.1. The summed E-state index contributed by atoms with van der Waals surface area (Å²) in [5.41, 5.74) is 6.15. The van der Waals surface area contributed by atoms with E-state index in [1.807, 2.05) is 53.8 Å². The van der Waals surface area contributed by atoms with Gasteiger partial charge in [-0.3, -0.25) is 4.68 Å². The first-order chi connectivity index (χ1) is 38.7. The number of hydrogen-bond donors (Lipinski definition) is 0. The van der Waals surface area contributed by atoms with Gasteiger partial charge in [0.2, 0.25) is 0 Å². The van der Waals surface area contributed by atoms with Crippen molar-refractivity contribution >= 4 is 0 Å². The van der Waals surface area contributed by atoms with E-state index in [1.54, 1.807) is 22.0 Å². The molecule has 0 bridgehead atoms. The third-order valence-electron chi connectivity index (χ3n) is 17.1. The van der Waals surface area contributed by atoms with Crippen molar-refractivity contribution in [3.63, 3.8) is 0 Å². The molecule has 0 atom stereocenters. The van der Waals surface area contributed by atoms with Gasteiger partial charge < -0.3 is 0 Å². The molecular formula is C78H145N3. The quantitative estimate of drug-likeness (QED) is 0.234. The van der Waals surface area contributed by atoms with Gasteiger partial charge in [-0.1, -0.05) is 351 Å². The van der Waals surface area contributed by atoms with Crippen LogP contribution in [-0.4, -0.2) is 15.0 Å². The monoisotopic (exact) mass is 1120 g/mol. The Kier molecular flexibility index (Phi) is 55.8. The van der Waals surface area contributed by atoms with Gasteiger partial charge in [-0.05, 0) is 135 Å². The minimum atomic E-state index is 0.428. The molecule has 4 saturated carbocycles. The Hall–Kier alpha value is -2.94. The molecule has 1 aromatic heterocycles. The predicted molar refractivity (Wildman–Crippen MR) is 372 cm³/mol. The molecule has 3 nitrogen and oxygen atoms in total. The Labute approximate surface area is 510 Å². The topological polar surface area (TPSA) is 30.7 Å². The number of benzene rings is 1. The average molecular weight is 1130 g/mol. The highest BCUT2D eigenvalue weighted by Crippen LogP contribution is 2.33. The molecule has 0 unspecified atom stereocenters. The molecule has 0 radical (unpaired) electrons. The van der Waals surface area contributed by atoms with E-state index in [9.17, 15) is 0 Å². The van der Waals surface area contributed by atoms with Crippen LogP contribution in [0, 0.1) is 65.1 Å². The standard InChI is InChI=1S/2C9H18.C9H16.C9H12.C8H16.2C8H12.C7H14.C5H9N3.3C2H6/c4*1-8(2)9-6-4-3-5-7-9;3*1-7(2)8-5-3-4-6-8;1-6(2)7-4-3-5-7;1-5(2)8-4-3-6-7-8;3*1-2/h2*8-9H,3-7H2,1-2H3;6,8H,3-5,7H2,1-2H3;3-8H,1-2H3;7-8H,3-6H2,1-2H3;3,5-7H,4H2,1-2H3;3-5,7H,6H2,1-2H3;6-7H,3-5H2,1-2H3;3-5H,1-2H3;3*1-2H3. The van der Waals surface area contributed by atoms with Crippen molar-refractivity contribution in [3.8, 4) is 0 Å². The lowest BCUT2D eigenvalue weighted by Crippen LogP contribution is -2.16. The molecule has 9 rings (SSSR count). The third kappa shape index (κ3) is 44.2. The molecule has 0 aliphatic heterocycles. The minimum Gasteiger partial charge on any atom is -0.250 e. The summed E-state index contributed by atoms with van der Waals surface area (Å²) >= 11 is 0. The highest BCUT2D eigenvalue weighted by Gasteiger charge is 2.20. The normalized spacial score (nSPS) is 17.4. The summed E-state index contributed by atoms with van der Waals surface area (Å²) in [6.07, 6.45) is 52.4. The van der Waals surface area contributed by atoms with Crippen molar-refractivity contribution in [1.29, 1.82) is 0 Å². The molecule has 7 aliphatic carbocycles. The van der Waals surface area contributed by atoms with E-state index in [1.165, 1.54) is 152 Å². The molecule has 0 saturated heterocycles. The summed E-state index contributed by atoms with van der Waals surface area (Å²) in [6, 6.07) is 10.9. The van der Waals surface area contributed by atoms with E-state index in [0.29, 0.717) is 17.9 Å². The molecule has 2 aromatic rings. The molecule has 472 valence electrons. The predicted octanol–water partition coefficient (Wildman–Crippen LogP) is 26.7. The van der Waals surface area contributed by atoms with Crippen LogP contribution in [0.5, 0.6) is 0 Å². The van der Waals surface area contributed by atoms with Gasteiger partial charge in [0.25, 0.3) is 0 Å². The number of allylic oxidation sites excluding steroid dienone is 10. The first-order valence-electron chi connectivity index (χ1n) is 35.1. The fraction of sp³-hybridized carbons (Fsp3) is 0.769.